The smallest absolute Gasteiger partial charge is 0.319 e. The number of carbonyl (C=O) groups excluding carboxylic acids is 1. The van der Waals surface area contributed by atoms with Gasteiger partial charge in [-0.1, -0.05) is 48.5 Å². The van der Waals surface area contributed by atoms with Gasteiger partial charge in [-0.2, -0.15) is 15.2 Å². The highest BCUT2D eigenvalue weighted by atomic mass is 35.5. The van der Waals surface area contributed by atoms with Gasteiger partial charge in [0.25, 0.3) is 5.91 Å². The summed E-state index contributed by atoms with van der Waals surface area (Å²) in [6, 6.07) is 13.5. The second-order valence-electron chi connectivity index (χ2n) is 11.4. The normalized spacial score (nSPS) is 18.8. The number of phenols is 1. The van der Waals surface area contributed by atoms with Crippen LogP contribution in [0.3, 0.4) is 0 Å². The van der Waals surface area contributed by atoms with Gasteiger partial charge in [-0.15, -0.1) is 0 Å². The Morgan fingerprint density at radius 2 is 1.98 bits per heavy atom. The third-order valence-electron chi connectivity index (χ3n) is 8.67. The summed E-state index contributed by atoms with van der Waals surface area (Å²) in [4.78, 5) is 26.9. The van der Waals surface area contributed by atoms with Crippen LogP contribution in [0.2, 0.25) is 5.02 Å². The van der Waals surface area contributed by atoms with Crippen LogP contribution in [0.5, 0.6) is 11.8 Å². The number of phenolic OH excluding ortho intramolecular Hbond substituents is 1. The molecule has 0 radical (unpaired) electrons. The van der Waals surface area contributed by atoms with E-state index in [0.717, 1.165) is 24.8 Å². The van der Waals surface area contributed by atoms with E-state index in [0.29, 0.717) is 22.6 Å². The van der Waals surface area contributed by atoms with Crippen LogP contribution in [0.1, 0.15) is 19.3 Å². The van der Waals surface area contributed by atoms with Crippen molar-refractivity contribution in [3.8, 4) is 29.0 Å². The Labute approximate surface area is 263 Å². The highest BCUT2D eigenvalue weighted by Crippen LogP contribution is 2.43. The van der Waals surface area contributed by atoms with Crippen molar-refractivity contribution in [1.29, 1.82) is 5.26 Å². The summed E-state index contributed by atoms with van der Waals surface area (Å²) in [5.41, 5.74) is 0.267. The molecular formula is C33H31ClF2N6O3. The van der Waals surface area contributed by atoms with Crippen molar-refractivity contribution in [3.05, 3.63) is 65.7 Å². The lowest BCUT2D eigenvalue weighted by molar-refractivity contribution is -0.131. The fraction of sp³-hybridized carbons (Fsp3) is 0.333. The molecule has 2 fully saturated rings. The topological polar surface area (TPSA) is 106 Å². The van der Waals surface area contributed by atoms with Crippen LogP contribution in [0.4, 0.5) is 14.6 Å². The molecule has 3 heterocycles. The Morgan fingerprint density at radius 1 is 1.20 bits per heavy atom. The number of nitrogens with zero attached hydrogens (tertiary/aromatic N) is 6. The molecule has 12 heteroatoms. The average molecular weight is 633 g/mol. The predicted octanol–water partition coefficient (Wildman–Crippen LogP) is 5.84. The van der Waals surface area contributed by atoms with E-state index in [4.69, 9.17) is 16.3 Å². The van der Waals surface area contributed by atoms with E-state index in [1.807, 2.05) is 19.2 Å². The maximum Gasteiger partial charge on any atom is 0.319 e. The third-order valence-corrected chi connectivity index (χ3v) is 8.99. The molecule has 2 aliphatic rings. The predicted molar refractivity (Wildman–Crippen MR) is 168 cm³/mol. The number of amides is 1. The molecule has 0 bridgehead atoms. The number of rotatable bonds is 7. The lowest BCUT2D eigenvalue weighted by Gasteiger charge is -2.41. The Hall–Kier alpha value is -4.53. The molecule has 1 amide bonds. The quantitative estimate of drug-likeness (QED) is 0.254. The van der Waals surface area contributed by atoms with E-state index in [2.05, 4.69) is 27.5 Å². The molecular weight excluding hydrogens is 602 g/mol. The Balaban J connectivity index is 1.49. The summed E-state index contributed by atoms with van der Waals surface area (Å²) < 4.78 is 36.6. The second-order valence-corrected chi connectivity index (χ2v) is 11.8. The molecule has 2 atom stereocenters. The highest BCUT2D eigenvalue weighted by molar-refractivity contribution is 6.36. The number of halogens is 3. The first-order valence-corrected chi connectivity index (χ1v) is 15.1. The monoisotopic (exact) mass is 632 g/mol. The van der Waals surface area contributed by atoms with E-state index >= 15 is 4.39 Å². The maximum absolute atomic E-state index is 16.7. The SMILES string of the molecule is C=C(F)C(=O)N1CCN(c2nc(OC[C@@H]3CCCN3C)nc3c(F)c(-c4cccc5cccc(Cl)c45)c(O)cc23)C[C@@H]1CC#N. The number of likely N-dealkylation sites (tertiary alicyclic amines) is 1. The largest absolute Gasteiger partial charge is 0.507 e. The van der Waals surface area contributed by atoms with Crippen molar-refractivity contribution in [2.45, 2.75) is 31.3 Å². The molecule has 1 aromatic heterocycles. The minimum atomic E-state index is -1.11. The first kappa shape index (κ1) is 30.5. The zero-order valence-corrected chi connectivity index (χ0v) is 25.4. The lowest BCUT2D eigenvalue weighted by Crippen LogP contribution is -2.55. The zero-order chi connectivity index (χ0) is 31.8. The van der Waals surface area contributed by atoms with E-state index in [-0.39, 0.29) is 66.1 Å². The zero-order valence-electron chi connectivity index (χ0n) is 24.6. The molecule has 0 unspecified atom stereocenters. The van der Waals surface area contributed by atoms with Crippen LogP contribution < -0.4 is 9.64 Å². The van der Waals surface area contributed by atoms with Gasteiger partial charge in [0.05, 0.1) is 24.1 Å². The van der Waals surface area contributed by atoms with Crippen LogP contribution in [-0.2, 0) is 4.79 Å². The third kappa shape index (κ3) is 5.72. The molecule has 232 valence electrons. The molecule has 0 aliphatic carbocycles. The Morgan fingerprint density at radius 3 is 2.69 bits per heavy atom. The van der Waals surface area contributed by atoms with Gasteiger partial charge in [0.15, 0.2) is 11.6 Å². The van der Waals surface area contributed by atoms with Crippen molar-refractivity contribution >= 4 is 45.0 Å². The van der Waals surface area contributed by atoms with Gasteiger partial charge in [0.1, 0.15) is 23.7 Å². The number of ether oxygens (including phenoxy) is 1. The summed E-state index contributed by atoms with van der Waals surface area (Å²) >= 11 is 6.55. The number of aromatic hydroxyl groups is 1. The fourth-order valence-corrected chi connectivity index (χ4v) is 6.64. The summed E-state index contributed by atoms with van der Waals surface area (Å²) in [6.45, 7) is 4.73. The van der Waals surface area contributed by atoms with Gasteiger partial charge in [-0.25, -0.2) is 8.78 Å². The molecule has 0 saturated carbocycles. The maximum atomic E-state index is 16.7. The number of benzene rings is 3. The van der Waals surface area contributed by atoms with Gasteiger partial charge in [-0.05, 0) is 49.5 Å². The standard InChI is InChI=1S/C33H31ClF2N6O3/c1-19(35)32(44)42-15-14-41(17-21(42)11-12-37)31-24-16-26(43)28(23-9-3-6-20-7-4-10-25(34)27(20)23)29(36)30(24)38-33(39-31)45-18-22-8-5-13-40(22)2/h3-4,6-7,9-10,16,21-22,43H,1,5,8,11,13-15,17-18H2,2H3/t21-,22-/m0/s1. The molecule has 2 aliphatic heterocycles. The van der Waals surface area contributed by atoms with Crippen molar-refractivity contribution in [1.82, 2.24) is 19.8 Å². The van der Waals surface area contributed by atoms with Crippen molar-refractivity contribution < 1.29 is 23.4 Å². The van der Waals surface area contributed by atoms with E-state index < -0.39 is 23.6 Å². The van der Waals surface area contributed by atoms with E-state index in [9.17, 15) is 19.6 Å². The fourth-order valence-electron chi connectivity index (χ4n) is 6.35. The van der Waals surface area contributed by atoms with Gasteiger partial charge in [-0.3, -0.25) is 4.79 Å². The van der Waals surface area contributed by atoms with Gasteiger partial charge >= 0.3 is 6.01 Å². The van der Waals surface area contributed by atoms with Crippen molar-refractivity contribution in [2.24, 2.45) is 0 Å². The number of piperazine rings is 1. The summed E-state index contributed by atoms with van der Waals surface area (Å²) in [5.74, 6) is -2.84. The number of likely N-dealkylation sites (N-methyl/N-ethyl adjacent to an activating group) is 1. The van der Waals surface area contributed by atoms with Gasteiger partial charge < -0.3 is 24.5 Å². The number of hydrogen-bond donors (Lipinski definition) is 1. The van der Waals surface area contributed by atoms with Crippen LogP contribution in [0, 0.1) is 17.1 Å². The van der Waals surface area contributed by atoms with Crippen molar-refractivity contribution in [3.63, 3.8) is 0 Å². The Bertz CT molecular complexity index is 1860. The highest BCUT2D eigenvalue weighted by Gasteiger charge is 2.34. The number of anilines is 1. The molecule has 6 rings (SSSR count). The summed E-state index contributed by atoms with van der Waals surface area (Å²) in [7, 11) is 2.01. The van der Waals surface area contributed by atoms with Crippen LogP contribution in [-0.4, -0.2) is 82.7 Å². The molecule has 45 heavy (non-hydrogen) atoms. The van der Waals surface area contributed by atoms with Gasteiger partial charge in [0.2, 0.25) is 0 Å². The first-order valence-electron chi connectivity index (χ1n) is 14.7. The lowest BCUT2D eigenvalue weighted by atomic mass is 9.95. The van der Waals surface area contributed by atoms with E-state index in [1.54, 1.807) is 29.2 Å². The Kier molecular flexibility index (Phi) is 8.44. The van der Waals surface area contributed by atoms with Gasteiger partial charge in [0, 0.05) is 41.5 Å². The second kappa shape index (κ2) is 12.5. The number of nitriles is 1. The number of carbonyl (C=O) groups is 1. The molecule has 2 saturated heterocycles. The summed E-state index contributed by atoms with van der Waals surface area (Å²) in [6.07, 6.45) is 1.91. The average Bonchev–Trinajstić information content (AvgIpc) is 3.44. The molecule has 1 N–H and O–H groups in total. The van der Waals surface area contributed by atoms with Crippen LogP contribution in [0.25, 0.3) is 32.8 Å². The molecule has 4 aromatic rings. The summed E-state index contributed by atoms with van der Waals surface area (Å²) in [5, 5.41) is 22.8. The first-order chi connectivity index (χ1) is 21.7. The molecule has 0 spiro atoms. The minimum absolute atomic E-state index is 0.0447. The number of hydrogen-bond acceptors (Lipinski definition) is 8. The number of fused-ring (bicyclic) bond motifs is 2. The molecule has 3 aromatic carbocycles. The van der Waals surface area contributed by atoms with E-state index in [1.165, 1.54) is 11.0 Å². The molecule has 9 nitrogen and oxygen atoms in total. The van der Waals surface area contributed by atoms with Crippen LogP contribution in [0.15, 0.2) is 54.9 Å². The van der Waals surface area contributed by atoms with Crippen molar-refractivity contribution in [2.75, 3.05) is 44.7 Å². The number of aromatic nitrogens is 2. The minimum Gasteiger partial charge on any atom is -0.507 e. The van der Waals surface area contributed by atoms with Crippen LogP contribution >= 0.6 is 11.6 Å².